The molecule has 1 aromatic carbocycles. The van der Waals surface area contributed by atoms with Crippen LogP contribution in [0.1, 0.15) is 22.8 Å². The average molecular weight is 216 g/mol. The zero-order valence-corrected chi connectivity index (χ0v) is 9.42. The first-order chi connectivity index (χ1) is 7.77. The van der Waals surface area contributed by atoms with E-state index in [1.54, 1.807) is 19.1 Å². The van der Waals surface area contributed by atoms with Crippen LogP contribution in [-0.4, -0.2) is 19.0 Å². The summed E-state index contributed by atoms with van der Waals surface area (Å²) in [7, 11) is 0. The maximum Gasteiger partial charge on any atom is 0.252 e. The summed E-state index contributed by atoms with van der Waals surface area (Å²) in [4.78, 5) is 11.6. The maximum absolute atomic E-state index is 11.6. The number of nitrogens with one attached hydrogen (secondary N) is 1. The zero-order chi connectivity index (χ0) is 11.8. The van der Waals surface area contributed by atoms with Gasteiger partial charge in [-0.15, -0.1) is 5.92 Å². The molecule has 0 fully saturated rings. The van der Waals surface area contributed by atoms with Gasteiger partial charge in [0.05, 0.1) is 6.54 Å². The van der Waals surface area contributed by atoms with Gasteiger partial charge in [-0.2, -0.15) is 0 Å². The van der Waals surface area contributed by atoms with Crippen molar-refractivity contribution < 1.29 is 4.79 Å². The van der Waals surface area contributed by atoms with Gasteiger partial charge < -0.3 is 11.1 Å². The average Bonchev–Trinajstić information content (AvgIpc) is 2.30. The van der Waals surface area contributed by atoms with Crippen LogP contribution >= 0.6 is 0 Å². The van der Waals surface area contributed by atoms with Crippen LogP contribution in [0.3, 0.4) is 0 Å². The van der Waals surface area contributed by atoms with Crippen molar-refractivity contribution in [2.75, 3.05) is 13.1 Å². The van der Waals surface area contributed by atoms with Crippen molar-refractivity contribution in [3.05, 3.63) is 35.4 Å². The van der Waals surface area contributed by atoms with Gasteiger partial charge in [0, 0.05) is 5.56 Å². The molecule has 0 heterocycles. The van der Waals surface area contributed by atoms with Crippen LogP contribution in [-0.2, 0) is 6.42 Å². The van der Waals surface area contributed by atoms with E-state index in [9.17, 15) is 4.79 Å². The lowest BCUT2D eigenvalue weighted by atomic mass is 10.1. The number of nitrogens with two attached hydrogens (primary N) is 1. The Morgan fingerprint density at radius 3 is 2.62 bits per heavy atom. The number of hydrogen-bond acceptors (Lipinski definition) is 2. The van der Waals surface area contributed by atoms with Crippen molar-refractivity contribution >= 4 is 5.91 Å². The van der Waals surface area contributed by atoms with E-state index in [1.165, 1.54) is 0 Å². The molecule has 0 radical (unpaired) electrons. The fourth-order valence-corrected chi connectivity index (χ4v) is 1.30. The predicted molar refractivity (Wildman–Crippen MR) is 65.0 cm³/mol. The summed E-state index contributed by atoms with van der Waals surface area (Å²) >= 11 is 0. The summed E-state index contributed by atoms with van der Waals surface area (Å²) in [5.41, 5.74) is 7.24. The number of benzene rings is 1. The minimum atomic E-state index is -0.0953. The van der Waals surface area contributed by atoms with Crippen LogP contribution < -0.4 is 11.1 Å². The molecule has 0 unspecified atom stereocenters. The molecule has 0 saturated carbocycles. The summed E-state index contributed by atoms with van der Waals surface area (Å²) in [5, 5.41) is 2.71. The highest BCUT2D eigenvalue weighted by Gasteiger charge is 2.03. The molecule has 1 aromatic rings. The molecule has 0 aliphatic heterocycles. The first kappa shape index (κ1) is 12.3. The third kappa shape index (κ3) is 3.76. The minimum Gasteiger partial charge on any atom is -0.341 e. The van der Waals surface area contributed by atoms with Crippen LogP contribution in [0.25, 0.3) is 0 Å². The summed E-state index contributed by atoms with van der Waals surface area (Å²) in [6, 6.07) is 7.46. The van der Waals surface area contributed by atoms with E-state index in [2.05, 4.69) is 17.2 Å². The quantitative estimate of drug-likeness (QED) is 0.736. The van der Waals surface area contributed by atoms with E-state index in [0.717, 1.165) is 12.0 Å². The van der Waals surface area contributed by atoms with Gasteiger partial charge in [0.25, 0.3) is 5.91 Å². The SMILES string of the molecule is CC#CCNC(=O)c1ccc(CCN)cc1. The summed E-state index contributed by atoms with van der Waals surface area (Å²) in [6.45, 7) is 2.76. The van der Waals surface area contributed by atoms with Gasteiger partial charge in [0.2, 0.25) is 0 Å². The molecule has 0 aliphatic rings. The Morgan fingerprint density at radius 2 is 2.06 bits per heavy atom. The molecule has 84 valence electrons. The Kier molecular flexibility index (Phi) is 5.10. The van der Waals surface area contributed by atoms with Crippen molar-refractivity contribution in [2.45, 2.75) is 13.3 Å². The largest absolute Gasteiger partial charge is 0.341 e. The smallest absolute Gasteiger partial charge is 0.252 e. The Balaban J connectivity index is 2.58. The van der Waals surface area contributed by atoms with Crippen molar-refractivity contribution in [3.63, 3.8) is 0 Å². The van der Waals surface area contributed by atoms with E-state index in [4.69, 9.17) is 5.73 Å². The van der Waals surface area contributed by atoms with Crippen LogP contribution in [0.5, 0.6) is 0 Å². The summed E-state index contributed by atoms with van der Waals surface area (Å²) in [6.07, 6.45) is 0.837. The molecule has 0 atom stereocenters. The van der Waals surface area contributed by atoms with Crippen LogP contribution in [0.2, 0.25) is 0 Å². The molecule has 3 N–H and O–H groups in total. The first-order valence-electron chi connectivity index (χ1n) is 5.24. The Hall–Kier alpha value is -1.79. The molecular weight excluding hydrogens is 200 g/mol. The number of rotatable bonds is 4. The molecule has 3 nitrogen and oxygen atoms in total. The minimum absolute atomic E-state index is 0.0953. The second-order valence-corrected chi connectivity index (χ2v) is 3.35. The zero-order valence-electron chi connectivity index (χ0n) is 9.42. The summed E-state index contributed by atoms with van der Waals surface area (Å²) in [5.74, 6) is 5.41. The Morgan fingerprint density at radius 1 is 1.38 bits per heavy atom. The molecule has 1 amide bonds. The topological polar surface area (TPSA) is 55.1 Å². The normalized spacial score (nSPS) is 9.12. The van der Waals surface area contributed by atoms with Crippen LogP contribution in [0.15, 0.2) is 24.3 Å². The third-order valence-corrected chi connectivity index (χ3v) is 2.16. The second kappa shape index (κ2) is 6.65. The number of hydrogen-bond donors (Lipinski definition) is 2. The van der Waals surface area contributed by atoms with Gasteiger partial charge >= 0.3 is 0 Å². The van der Waals surface area contributed by atoms with Gasteiger partial charge in [-0.05, 0) is 37.6 Å². The van der Waals surface area contributed by atoms with Crippen molar-refractivity contribution in [1.29, 1.82) is 0 Å². The molecular formula is C13H16N2O. The van der Waals surface area contributed by atoms with Gasteiger partial charge in [0.1, 0.15) is 0 Å². The van der Waals surface area contributed by atoms with E-state index in [0.29, 0.717) is 18.7 Å². The highest BCUT2D eigenvalue weighted by molar-refractivity contribution is 5.94. The summed E-state index contributed by atoms with van der Waals surface area (Å²) < 4.78 is 0. The third-order valence-electron chi connectivity index (χ3n) is 2.16. The van der Waals surface area contributed by atoms with E-state index >= 15 is 0 Å². The van der Waals surface area contributed by atoms with Crippen LogP contribution in [0.4, 0.5) is 0 Å². The van der Waals surface area contributed by atoms with Crippen molar-refractivity contribution in [1.82, 2.24) is 5.32 Å². The van der Waals surface area contributed by atoms with E-state index in [1.807, 2.05) is 12.1 Å². The van der Waals surface area contributed by atoms with Gasteiger partial charge in [-0.3, -0.25) is 4.79 Å². The lowest BCUT2D eigenvalue weighted by molar-refractivity contribution is 0.0958. The van der Waals surface area contributed by atoms with Gasteiger partial charge in [0.15, 0.2) is 0 Å². The monoisotopic (exact) mass is 216 g/mol. The fourth-order valence-electron chi connectivity index (χ4n) is 1.30. The molecule has 1 rings (SSSR count). The van der Waals surface area contributed by atoms with E-state index < -0.39 is 0 Å². The molecule has 16 heavy (non-hydrogen) atoms. The molecule has 0 aromatic heterocycles. The number of amides is 1. The Bertz CT molecular complexity index is 398. The molecule has 0 saturated heterocycles. The number of carbonyl (C=O) groups excluding carboxylic acids is 1. The maximum atomic E-state index is 11.6. The fraction of sp³-hybridized carbons (Fsp3) is 0.308. The number of carbonyl (C=O) groups is 1. The van der Waals surface area contributed by atoms with Crippen molar-refractivity contribution in [2.24, 2.45) is 5.73 Å². The second-order valence-electron chi connectivity index (χ2n) is 3.35. The van der Waals surface area contributed by atoms with Crippen LogP contribution in [0, 0.1) is 11.8 Å². The molecule has 0 bridgehead atoms. The lowest BCUT2D eigenvalue weighted by Gasteiger charge is -2.03. The van der Waals surface area contributed by atoms with Gasteiger partial charge in [-0.25, -0.2) is 0 Å². The standard InChI is InChI=1S/C13H16N2O/c1-2-3-10-15-13(16)12-6-4-11(5-7-12)8-9-14/h4-7H,8-10,14H2,1H3,(H,15,16). The first-order valence-corrected chi connectivity index (χ1v) is 5.24. The lowest BCUT2D eigenvalue weighted by Crippen LogP contribution is -2.23. The molecule has 0 aliphatic carbocycles. The molecule has 0 spiro atoms. The molecule has 3 heteroatoms. The highest BCUT2D eigenvalue weighted by Crippen LogP contribution is 2.04. The Labute approximate surface area is 96.0 Å². The van der Waals surface area contributed by atoms with Gasteiger partial charge in [-0.1, -0.05) is 18.1 Å². The predicted octanol–water partition coefficient (Wildman–Crippen LogP) is 0.941. The van der Waals surface area contributed by atoms with Crippen molar-refractivity contribution in [3.8, 4) is 11.8 Å². The van der Waals surface area contributed by atoms with E-state index in [-0.39, 0.29) is 5.91 Å². The highest BCUT2D eigenvalue weighted by atomic mass is 16.1.